The summed E-state index contributed by atoms with van der Waals surface area (Å²) in [5.41, 5.74) is 1.07. The highest BCUT2D eigenvalue weighted by Gasteiger charge is 2.08. The molecule has 0 aliphatic rings. The highest BCUT2D eigenvalue weighted by molar-refractivity contribution is 6.29. The Balaban J connectivity index is 2.80. The Bertz CT molecular complexity index is 244. The van der Waals surface area contributed by atoms with E-state index in [-0.39, 0.29) is 0 Å². The molecular weight excluding hydrogens is 174 g/mol. The maximum absolute atomic E-state index is 5.87. The molecule has 0 unspecified atom stereocenters. The fourth-order valence-electron chi connectivity index (χ4n) is 1.17. The molecule has 3 nitrogen and oxygen atoms in total. The van der Waals surface area contributed by atoms with Gasteiger partial charge < -0.3 is 0 Å². The van der Waals surface area contributed by atoms with E-state index in [1.165, 1.54) is 0 Å². The molecule has 0 amide bonds. The molecular formula is C8H14ClN3. The zero-order valence-corrected chi connectivity index (χ0v) is 8.30. The van der Waals surface area contributed by atoms with Gasteiger partial charge in [-0.25, -0.2) is 4.68 Å². The van der Waals surface area contributed by atoms with Gasteiger partial charge >= 0.3 is 0 Å². The second-order valence-electron chi connectivity index (χ2n) is 2.80. The van der Waals surface area contributed by atoms with Gasteiger partial charge in [0.15, 0.2) is 5.15 Å². The summed E-state index contributed by atoms with van der Waals surface area (Å²) < 4.78 is 1.89. The zero-order valence-electron chi connectivity index (χ0n) is 7.55. The molecule has 1 heterocycles. The van der Waals surface area contributed by atoms with Crippen molar-refractivity contribution in [3.05, 3.63) is 10.8 Å². The monoisotopic (exact) mass is 187 g/mol. The molecule has 1 rings (SSSR count). The van der Waals surface area contributed by atoms with Crippen molar-refractivity contribution in [1.29, 1.82) is 0 Å². The summed E-state index contributed by atoms with van der Waals surface area (Å²) in [6.07, 6.45) is 3.11. The normalized spacial score (nSPS) is 10.6. The number of halogens is 1. The average Bonchev–Trinajstić information content (AvgIpc) is 2.37. The van der Waals surface area contributed by atoms with Gasteiger partial charge in [-0.15, -0.1) is 5.10 Å². The van der Waals surface area contributed by atoms with Crippen LogP contribution in [-0.2, 0) is 13.0 Å². The molecule has 0 aliphatic heterocycles. The molecule has 0 atom stereocenters. The van der Waals surface area contributed by atoms with Crippen molar-refractivity contribution in [2.24, 2.45) is 0 Å². The SMILES string of the molecule is CCCc1c(Cl)nnn1CCC. The molecule has 1 aromatic heterocycles. The van der Waals surface area contributed by atoms with Crippen LogP contribution in [0.1, 0.15) is 32.4 Å². The predicted octanol–water partition coefficient (Wildman–Crippen LogP) is 2.29. The Labute approximate surface area is 77.7 Å². The number of aromatic nitrogens is 3. The van der Waals surface area contributed by atoms with Crippen molar-refractivity contribution in [2.45, 2.75) is 39.7 Å². The summed E-state index contributed by atoms with van der Waals surface area (Å²) in [5, 5.41) is 8.35. The van der Waals surface area contributed by atoms with E-state index in [0.717, 1.165) is 31.5 Å². The van der Waals surface area contributed by atoms with Crippen LogP contribution in [0, 0.1) is 0 Å². The fraction of sp³-hybridized carbons (Fsp3) is 0.750. The first-order valence-corrected chi connectivity index (χ1v) is 4.75. The number of hydrogen-bond acceptors (Lipinski definition) is 2. The Kier molecular flexibility index (Phi) is 3.53. The van der Waals surface area contributed by atoms with Crippen LogP contribution in [0.3, 0.4) is 0 Å². The summed E-state index contributed by atoms with van der Waals surface area (Å²) in [6, 6.07) is 0. The van der Waals surface area contributed by atoms with Crippen molar-refractivity contribution < 1.29 is 0 Å². The molecule has 0 radical (unpaired) electrons. The standard InChI is InChI=1S/C8H14ClN3/c1-3-5-7-8(9)10-11-12(7)6-4-2/h3-6H2,1-2H3. The third kappa shape index (κ3) is 1.97. The molecule has 1 aromatic rings. The van der Waals surface area contributed by atoms with E-state index in [4.69, 9.17) is 11.6 Å². The minimum Gasteiger partial charge on any atom is -0.248 e. The molecule has 0 bridgehead atoms. The molecule has 12 heavy (non-hydrogen) atoms. The third-order valence-electron chi connectivity index (χ3n) is 1.71. The highest BCUT2D eigenvalue weighted by atomic mass is 35.5. The lowest BCUT2D eigenvalue weighted by molar-refractivity contribution is 0.552. The van der Waals surface area contributed by atoms with Crippen LogP contribution in [0.15, 0.2) is 0 Å². The second kappa shape index (κ2) is 4.45. The Hall–Kier alpha value is -0.570. The van der Waals surface area contributed by atoms with Gasteiger partial charge in [-0.05, 0) is 12.8 Å². The number of aryl methyl sites for hydroxylation is 1. The Morgan fingerprint density at radius 1 is 1.33 bits per heavy atom. The lowest BCUT2D eigenvalue weighted by Crippen LogP contribution is -2.04. The van der Waals surface area contributed by atoms with Crippen LogP contribution in [0.4, 0.5) is 0 Å². The summed E-state index contributed by atoms with van der Waals surface area (Å²) in [6.45, 7) is 5.15. The number of rotatable bonds is 4. The van der Waals surface area contributed by atoms with Gasteiger partial charge in [0.1, 0.15) is 0 Å². The van der Waals surface area contributed by atoms with Gasteiger partial charge in [-0.1, -0.05) is 37.1 Å². The quantitative estimate of drug-likeness (QED) is 0.724. The third-order valence-corrected chi connectivity index (χ3v) is 2.01. The summed E-state index contributed by atoms with van der Waals surface area (Å²) >= 11 is 5.87. The molecule has 0 aliphatic carbocycles. The lowest BCUT2D eigenvalue weighted by atomic mass is 10.2. The van der Waals surface area contributed by atoms with E-state index < -0.39 is 0 Å². The van der Waals surface area contributed by atoms with Crippen LogP contribution in [0.25, 0.3) is 0 Å². The smallest absolute Gasteiger partial charge is 0.174 e. The van der Waals surface area contributed by atoms with Crippen molar-refractivity contribution in [3.8, 4) is 0 Å². The van der Waals surface area contributed by atoms with Gasteiger partial charge in [0.05, 0.1) is 5.69 Å². The van der Waals surface area contributed by atoms with Crippen LogP contribution in [-0.4, -0.2) is 15.0 Å². The molecule has 68 valence electrons. The number of hydrogen-bond donors (Lipinski definition) is 0. The van der Waals surface area contributed by atoms with E-state index >= 15 is 0 Å². The van der Waals surface area contributed by atoms with Crippen LogP contribution in [0.5, 0.6) is 0 Å². The first-order chi connectivity index (χ1) is 5.79. The maximum Gasteiger partial charge on any atom is 0.174 e. The number of nitrogens with zero attached hydrogens (tertiary/aromatic N) is 3. The Morgan fingerprint density at radius 3 is 2.67 bits per heavy atom. The Morgan fingerprint density at radius 2 is 2.08 bits per heavy atom. The second-order valence-corrected chi connectivity index (χ2v) is 3.16. The molecule has 0 saturated carbocycles. The highest BCUT2D eigenvalue weighted by Crippen LogP contribution is 2.13. The van der Waals surface area contributed by atoms with Crippen LogP contribution < -0.4 is 0 Å². The van der Waals surface area contributed by atoms with Gasteiger partial charge in [0.25, 0.3) is 0 Å². The van der Waals surface area contributed by atoms with Crippen LogP contribution >= 0.6 is 11.6 Å². The minimum atomic E-state index is 0.560. The average molecular weight is 188 g/mol. The van der Waals surface area contributed by atoms with E-state index in [1.54, 1.807) is 0 Å². The fourth-order valence-corrected chi connectivity index (χ4v) is 1.40. The minimum absolute atomic E-state index is 0.560. The zero-order chi connectivity index (χ0) is 8.97. The first kappa shape index (κ1) is 9.52. The summed E-state index contributed by atoms with van der Waals surface area (Å²) in [4.78, 5) is 0. The first-order valence-electron chi connectivity index (χ1n) is 4.37. The van der Waals surface area contributed by atoms with Gasteiger partial charge in [0.2, 0.25) is 0 Å². The van der Waals surface area contributed by atoms with E-state index in [2.05, 4.69) is 24.2 Å². The van der Waals surface area contributed by atoms with Gasteiger partial charge in [-0.2, -0.15) is 0 Å². The predicted molar refractivity (Wildman–Crippen MR) is 49.3 cm³/mol. The van der Waals surface area contributed by atoms with Crippen molar-refractivity contribution in [1.82, 2.24) is 15.0 Å². The van der Waals surface area contributed by atoms with E-state index in [1.807, 2.05) is 4.68 Å². The van der Waals surface area contributed by atoms with E-state index in [0.29, 0.717) is 5.15 Å². The van der Waals surface area contributed by atoms with E-state index in [9.17, 15) is 0 Å². The van der Waals surface area contributed by atoms with Crippen molar-refractivity contribution in [3.63, 3.8) is 0 Å². The molecule has 0 fully saturated rings. The summed E-state index contributed by atoms with van der Waals surface area (Å²) in [5.74, 6) is 0. The topological polar surface area (TPSA) is 30.7 Å². The molecule has 0 aromatic carbocycles. The largest absolute Gasteiger partial charge is 0.248 e. The van der Waals surface area contributed by atoms with Crippen molar-refractivity contribution >= 4 is 11.6 Å². The van der Waals surface area contributed by atoms with Crippen LogP contribution in [0.2, 0.25) is 5.15 Å². The molecule has 0 N–H and O–H groups in total. The molecule has 0 spiro atoms. The summed E-state index contributed by atoms with van der Waals surface area (Å²) in [7, 11) is 0. The van der Waals surface area contributed by atoms with Gasteiger partial charge in [0, 0.05) is 6.54 Å². The lowest BCUT2D eigenvalue weighted by Gasteiger charge is -2.02. The molecule has 0 saturated heterocycles. The maximum atomic E-state index is 5.87. The van der Waals surface area contributed by atoms with Gasteiger partial charge in [-0.3, -0.25) is 0 Å². The molecule has 4 heteroatoms. The van der Waals surface area contributed by atoms with Crippen molar-refractivity contribution in [2.75, 3.05) is 0 Å².